The van der Waals surface area contributed by atoms with Gasteiger partial charge in [-0.25, -0.2) is 4.79 Å². The molecule has 19 heavy (non-hydrogen) atoms. The largest absolute Gasteiger partial charge is 0.497 e. The lowest BCUT2D eigenvalue weighted by atomic mass is 10.2. The van der Waals surface area contributed by atoms with E-state index in [0.29, 0.717) is 9.37 Å². The van der Waals surface area contributed by atoms with Gasteiger partial charge in [0.05, 0.1) is 12.7 Å². The van der Waals surface area contributed by atoms with E-state index in [0.717, 1.165) is 10.6 Å². The number of ether oxygens (including phenoxy) is 1. The Kier molecular flexibility index (Phi) is 4.50. The van der Waals surface area contributed by atoms with Gasteiger partial charge in [0, 0.05) is 14.3 Å². The standard InChI is InChI=1S/C14H11BrO3S/c1-18-9-5-7-10(8-6-9)19-12-4-2-3-11(15)13(12)14(16)17/h2-8H,1H3,(H,16,17). The van der Waals surface area contributed by atoms with Gasteiger partial charge in [0.2, 0.25) is 0 Å². The van der Waals surface area contributed by atoms with Crippen molar-refractivity contribution in [1.82, 2.24) is 0 Å². The maximum Gasteiger partial charge on any atom is 0.338 e. The molecule has 2 aromatic rings. The molecule has 0 aliphatic carbocycles. The first-order valence-corrected chi connectivity index (χ1v) is 7.06. The van der Waals surface area contributed by atoms with Crippen molar-refractivity contribution in [3.05, 3.63) is 52.5 Å². The Labute approximate surface area is 123 Å². The highest BCUT2D eigenvalue weighted by molar-refractivity contribution is 9.10. The average molecular weight is 339 g/mol. The molecule has 98 valence electrons. The van der Waals surface area contributed by atoms with Crippen LogP contribution in [0, 0.1) is 0 Å². The van der Waals surface area contributed by atoms with Crippen molar-refractivity contribution in [2.24, 2.45) is 0 Å². The third kappa shape index (κ3) is 3.30. The van der Waals surface area contributed by atoms with Crippen LogP contribution in [0.1, 0.15) is 10.4 Å². The van der Waals surface area contributed by atoms with E-state index in [2.05, 4.69) is 15.9 Å². The molecule has 0 aliphatic rings. The van der Waals surface area contributed by atoms with Crippen LogP contribution in [0.4, 0.5) is 0 Å². The summed E-state index contributed by atoms with van der Waals surface area (Å²) in [6.07, 6.45) is 0. The normalized spacial score (nSPS) is 10.2. The summed E-state index contributed by atoms with van der Waals surface area (Å²) in [6.45, 7) is 0. The van der Waals surface area contributed by atoms with E-state index in [4.69, 9.17) is 4.74 Å². The molecule has 0 amide bonds. The second-order valence-electron chi connectivity index (χ2n) is 3.70. The predicted octanol–water partition coefficient (Wildman–Crippen LogP) is 4.31. The monoisotopic (exact) mass is 338 g/mol. The Balaban J connectivity index is 2.32. The number of halogens is 1. The highest BCUT2D eigenvalue weighted by Gasteiger charge is 2.14. The van der Waals surface area contributed by atoms with E-state index in [1.807, 2.05) is 30.3 Å². The zero-order chi connectivity index (χ0) is 13.8. The van der Waals surface area contributed by atoms with Gasteiger partial charge < -0.3 is 9.84 Å². The molecular formula is C14H11BrO3S. The minimum absolute atomic E-state index is 0.281. The molecule has 1 N–H and O–H groups in total. The molecule has 0 bridgehead atoms. The molecule has 0 spiro atoms. The van der Waals surface area contributed by atoms with Gasteiger partial charge in [-0.15, -0.1) is 0 Å². The van der Waals surface area contributed by atoms with Gasteiger partial charge in [-0.05, 0) is 52.3 Å². The van der Waals surface area contributed by atoms with Crippen molar-refractivity contribution in [3.63, 3.8) is 0 Å². The second-order valence-corrected chi connectivity index (χ2v) is 5.67. The summed E-state index contributed by atoms with van der Waals surface area (Å²) >= 11 is 4.68. The number of carboxylic acid groups (broad SMARTS) is 1. The van der Waals surface area contributed by atoms with Gasteiger partial charge >= 0.3 is 5.97 Å². The van der Waals surface area contributed by atoms with Gasteiger partial charge in [0.1, 0.15) is 5.75 Å². The number of hydrogen-bond donors (Lipinski definition) is 1. The summed E-state index contributed by atoms with van der Waals surface area (Å²) in [7, 11) is 1.61. The fourth-order valence-corrected chi connectivity index (χ4v) is 3.21. The van der Waals surface area contributed by atoms with Crippen molar-refractivity contribution in [2.75, 3.05) is 7.11 Å². The predicted molar refractivity (Wildman–Crippen MR) is 78.2 cm³/mol. The minimum atomic E-state index is -0.941. The highest BCUT2D eigenvalue weighted by atomic mass is 79.9. The number of carbonyl (C=O) groups is 1. The van der Waals surface area contributed by atoms with Crippen molar-refractivity contribution in [2.45, 2.75) is 9.79 Å². The fourth-order valence-electron chi connectivity index (χ4n) is 1.57. The Morgan fingerprint density at radius 3 is 2.47 bits per heavy atom. The van der Waals surface area contributed by atoms with E-state index in [-0.39, 0.29) is 5.56 Å². The number of rotatable bonds is 4. The number of carboxylic acids is 1. The number of aromatic carboxylic acids is 1. The van der Waals surface area contributed by atoms with Crippen molar-refractivity contribution >= 4 is 33.7 Å². The summed E-state index contributed by atoms with van der Waals surface area (Å²) in [5.74, 6) is -0.166. The van der Waals surface area contributed by atoms with Crippen LogP contribution < -0.4 is 4.74 Å². The topological polar surface area (TPSA) is 46.5 Å². The smallest absolute Gasteiger partial charge is 0.338 e. The summed E-state index contributed by atoms with van der Waals surface area (Å²) in [5.41, 5.74) is 0.281. The van der Waals surface area contributed by atoms with Crippen LogP contribution in [0.5, 0.6) is 5.75 Å². The van der Waals surface area contributed by atoms with Crippen LogP contribution in [0.3, 0.4) is 0 Å². The first-order valence-electron chi connectivity index (χ1n) is 5.45. The molecular weight excluding hydrogens is 328 g/mol. The van der Waals surface area contributed by atoms with E-state index in [1.54, 1.807) is 19.2 Å². The Morgan fingerprint density at radius 2 is 1.89 bits per heavy atom. The lowest BCUT2D eigenvalue weighted by Crippen LogP contribution is -2.00. The van der Waals surface area contributed by atoms with Gasteiger partial charge in [-0.2, -0.15) is 0 Å². The summed E-state index contributed by atoms with van der Waals surface area (Å²) in [5, 5.41) is 9.24. The zero-order valence-corrected chi connectivity index (χ0v) is 12.5. The van der Waals surface area contributed by atoms with Crippen LogP contribution in [-0.2, 0) is 0 Å². The Morgan fingerprint density at radius 1 is 1.21 bits per heavy atom. The van der Waals surface area contributed by atoms with Gasteiger partial charge in [-0.1, -0.05) is 17.8 Å². The molecule has 0 fully saturated rings. The molecule has 5 heteroatoms. The number of benzene rings is 2. The molecule has 0 unspecified atom stereocenters. The van der Waals surface area contributed by atoms with E-state index < -0.39 is 5.97 Å². The van der Waals surface area contributed by atoms with Crippen LogP contribution in [-0.4, -0.2) is 18.2 Å². The van der Waals surface area contributed by atoms with Crippen molar-refractivity contribution in [1.29, 1.82) is 0 Å². The average Bonchev–Trinajstić information content (AvgIpc) is 2.39. The molecule has 0 saturated carbocycles. The quantitative estimate of drug-likeness (QED) is 0.902. The fraction of sp³-hybridized carbons (Fsp3) is 0.0714. The lowest BCUT2D eigenvalue weighted by Gasteiger charge is -2.08. The van der Waals surface area contributed by atoms with Crippen LogP contribution >= 0.6 is 27.7 Å². The third-order valence-electron chi connectivity index (χ3n) is 2.48. The molecule has 0 saturated heterocycles. The van der Waals surface area contributed by atoms with Crippen molar-refractivity contribution in [3.8, 4) is 5.75 Å². The van der Waals surface area contributed by atoms with Crippen LogP contribution in [0.15, 0.2) is 56.7 Å². The molecule has 2 aromatic carbocycles. The summed E-state index contributed by atoms with van der Waals surface area (Å²) in [6, 6.07) is 12.8. The van der Waals surface area contributed by atoms with Crippen molar-refractivity contribution < 1.29 is 14.6 Å². The number of methoxy groups -OCH3 is 1. The summed E-state index contributed by atoms with van der Waals surface area (Å²) < 4.78 is 5.67. The Hall–Kier alpha value is -1.46. The van der Waals surface area contributed by atoms with Crippen LogP contribution in [0.25, 0.3) is 0 Å². The van der Waals surface area contributed by atoms with Crippen LogP contribution in [0.2, 0.25) is 0 Å². The first kappa shape index (κ1) is 14.0. The van der Waals surface area contributed by atoms with Gasteiger partial charge in [0.15, 0.2) is 0 Å². The maximum absolute atomic E-state index is 11.3. The molecule has 0 aromatic heterocycles. The third-order valence-corrected chi connectivity index (χ3v) is 4.21. The molecule has 0 aliphatic heterocycles. The molecule has 0 radical (unpaired) electrons. The molecule has 3 nitrogen and oxygen atoms in total. The second kappa shape index (κ2) is 6.12. The van der Waals surface area contributed by atoms with Gasteiger partial charge in [-0.3, -0.25) is 0 Å². The first-order chi connectivity index (χ1) is 9.11. The van der Waals surface area contributed by atoms with E-state index >= 15 is 0 Å². The molecule has 0 heterocycles. The minimum Gasteiger partial charge on any atom is -0.497 e. The van der Waals surface area contributed by atoms with E-state index in [9.17, 15) is 9.90 Å². The maximum atomic E-state index is 11.3. The summed E-state index contributed by atoms with van der Waals surface area (Å²) in [4.78, 5) is 12.9. The van der Waals surface area contributed by atoms with Gasteiger partial charge in [0.25, 0.3) is 0 Å². The lowest BCUT2D eigenvalue weighted by molar-refractivity contribution is 0.0692. The Bertz CT molecular complexity index is 596. The van der Waals surface area contributed by atoms with E-state index in [1.165, 1.54) is 11.8 Å². The SMILES string of the molecule is COc1ccc(Sc2cccc(Br)c2C(=O)O)cc1. The zero-order valence-electron chi connectivity index (χ0n) is 10.1. The highest BCUT2D eigenvalue weighted by Crippen LogP contribution is 2.34. The molecule has 0 atom stereocenters. The number of hydrogen-bond acceptors (Lipinski definition) is 3. The molecule has 2 rings (SSSR count).